The molecule has 1 aromatic carbocycles. The Morgan fingerprint density at radius 3 is 2.35 bits per heavy atom. The molecular formula is C15H20N2. The summed E-state index contributed by atoms with van der Waals surface area (Å²) in [5, 5.41) is 3.46. The van der Waals surface area contributed by atoms with Crippen LogP contribution in [0.5, 0.6) is 0 Å². The molecule has 2 nitrogen and oxygen atoms in total. The van der Waals surface area contributed by atoms with Crippen molar-refractivity contribution >= 4 is 6.34 Å². The number of hydrogen-bond acceptors (Lipinski definition) is 2. The van der Waals surface area contributed by atoms with Gasteiger partial charge in [0.25, 0.3) is 0 Å². The number of nitrogens with zero attached hydrogens (tertiary/aromatic N) is 1. The standard InChI is InChI=1S/C15H20N2/c1-11(2)15(14-9-16-10-17-14)7-12-5-3-4-6-13(12)8-15/h3-6,10-11,14H,7-9H2,1-2H3,(H,16,17). The highest BCUT2D eigenvalue weighted by Gasteiger charge is 2.46. The normalized spacial score (nSPS) is 25.0. The molecule has 0 radical (unpaired) electrons. The molecule has 17 heavy (non-hydrogen) atoms. The molecular weight excluding hydrogens is 208 g/mol. The minimum Gasteiger partial charge on any atom is -0.371 e. The molecule has 1 N–H and O–H groups in total. The lowest BCUT2D eigenvalue weighted by Gasteiger charge is -2.39. The Labute approximate surface area is 103 Å². The molecule has 0 bridgehead atoms. The average molecular weight is 228 g/mol. The highest BCUT2D eigenvalue weighted by atomic mass is 15.1. The summed E-state index contributed by atoms with van der Waals surface area (Å²) >= 11 is 0. The SMILES string of the molecule is CC(C)C1(C2CN=CN2)Cc2ccccc2C1. The molecule has 1 heterocycles. The van der Waals surface area contributed by atoms with Gasteiger partial charge in [-0.3, -0.25) is 4.99 Å². The summed E-state index contributed by atoms with van der Waals surface area (Å²) in [6.07, 6.45) is 4.28. The molecule has 1 unspecified atom stereocenters. The highest BCUT2D eigenvalue weighted by Crippen LogP contribution is 2.45. The second-order valence-corrected chi connectivity index (χ2v) is 5.72. The van der Waals surface area contributed by atoms with Crippen LogP contribution in [0.1, 0.15) is 25.0 Å². The van der Waals surface area contributed by atoms with Gasteiger partial charge in [0.1, 0.15) is 0 Å². The van der Waals surface area contributed by atoms with Crippen LogP contribution in [0.3, 0.4) is 0 Å². The van der Waals surface area contributed by atoms with Gasteiger partial charge in [0.05, 0.1) is 18.9 Å². The molecule has 0 amide bonds. The van der Waals surface area contributed by atoms with Crippen molar-refractivity contribution in [2.75, 3.05) is 6.54 Å². The van der Waals surface area contributed by atoms with E-state index in [0.29, 0.717) is 17.4 Å². The molecule has 2 heteroatoms. The molecule has 1 atom stereocenters. The van der Waals surface area contributed by atoms with Crippen molar-refractivity contribution in [3.63, 3.8) is 0 Å². The third kappa shape index (κ3) is 1.58. The lowest BCUT2D eigenvalue weighted by atomic mass is 9.69. The zero-order valence-electron chi connectivity index (χ0n) is 10.6. The molecule has 0 aromatic heterocycles. The maximum atomic E-state index is 4.36. The molecule has 90 valence electrons. The van der Waals surface area contributed by atoms with E-state index in [0.717, 1.165) is 6.54 Å². The molecule has 1 aliphatic heterocycles. The number of rotatable bonds is 2. The minimum absolute atomic E-state index is 0.347. The Bertz CT molecular complexity index is 415. The molecule has 0 saturated heterocycles. The Balaban J connectivity index is 1.95. The van der Waals surface area contributed by atoms with E-state index in [2.05, 4.69) is 48.4 Å². The lowest BCUT2D eigenvalue weighted by molar-refractivity contribution is 0.151. The fourth-order valence-corrected chi connectivity index (χ4v) is 3.43. The summed E-state index contributed by atoms with van der Waals surface area (Å²) in [6.45, 7) is 5.64. The van der Waals surface area contributed by atoms with E-state index < -0.39 is 0 Å². The second kappa shape index (κ2) is 3.86. The molecule has 3 rings (SSSR count). The van der Waals surface area contributed by atoms with Gasteiger partial charge in [-0.25, -0.2) is 0 Å². The van der Waals surface area contributed by atoms with E-state index >= 15 is 0 Å². The third-order valence-electron chi connectivity index (χ3n) is 4.66. The van der Waals surface area contributed by atoms with Crippen LogP contribution < -0.4 is 5.32 Å². The summed E-state index contributed by atoms with van der Waals surface area (Å²) in [5.74, 6) is 0.675. The van der Waals surface area contributed by atoms with Crippen molar-refractivity contribution < 1.29 is 0 Å². The quantitative estimate of drug-likeness (QED) is 0.826. The summed E-state index contributed by atoms with van der Waals surface area (Å²) in [7, 11) is 0. The van der Waals surface area contributed by atoms with Gasteiger partial charge < -0.3 is 5.32 Å². The van der Waals surface area contributed by atoms with Crippen LogP contribution in [0.4, 0.5) is 0 Å². The first-order chi connectivity index (χ1) is 8.22. The predicted molar refractivity (Wildman–Crippen MR) is 71.4 cm³/mol. The number of hydrogen-bond donors (Lipinski definition) is 1. The third-order valence-corrected chi connectivity index (χ3v) is 4.66. The first-order valence-electron chi connectivity index (χ1n) is 6.53. The zero-order chi connectivity index (χ0) is 11.9. The first-order valence-corrected chi connectivity index (χ1v) is 6.53. The lowest BCUT2D eigenvalue weighted by Crippen LogP contribution is -2.48. The monoisotopic (exact) mass is 228 g/mol. The van der Waals surface area contributed by atoms with Gasteiger partial charge in [0, 0.05) is 5.41 Å². The van der Waals surface area contributed by atoms with Crippen LogP contribution >= 0.6 is 0 Å². The van der Waals surface area contributed by atoms with Crippen LogP contribution in [-0.4, -0.2) is 18.9 Å². The van der Waals surface area contributed by atoms with Gasteiger partial charge in [-0.1, -0.05) is 38.1 Å². The van der Waals surface area contributed by atoms with Gasteiger partial charge in [0.15, 0.2) is 0 Å². The molecule has 1 aromatic rings. The zero-order valence-corrected chi connectivity index (χ0v) is 10.6. The summed E-state index contributed by atoms with van der Waals surface area (Å²) in [5.41, 5.74) is 3.42. The molecule has 1 aliphatic carbocycles. The van der Waals surface area contributed by atoms with Crippen molar-refractivity contribution in [2.45, 2.75) is 32.7 Å². The Morgan fingerprint density at radius 2 is 1.88 bits per heavy atom. The Kier molecular flexibility index (Phi) is 2.46. The van der Waals surface area contributed by atoms with Crippen molar-refractivity contribution in [3.8, 4) is 0 Å². The van der Waals surface area contributed by atoms with Gasteiger partial charge >= 0.3 is 0 Å². The van der Waals surface area contributed by atoms with Crippen LogP contribution in [0.2, 0.25) is 0 Å². The van der Waals surface area contributed by atoms with Crippen LogP contribution in [0.25, 0.3) is 0 Å². The van der Waals surface area contributed by atoms with E-state index in [1.807, 2.05) is 6.34 Å². The fraction of sp³-hybridized carbons (Fsp3) is 0.533. The van der Waals surface area contributed by atoms with Crippen molar-refractivity contribution in [1.29, 1.82) is 0 Å². The van der Waals surface area contributed by atoms with Gasteiger partial charge in [-0.2, -0.15) is 0 Å². The minimum atomic E-state index is 0.347. The maximum Gasteiger partial charge on any atom is 0.0827 e. The van der Waals surface area contributed by atoms with Crippen molar-refractivity contribution in [2.24, 2.45) is 16.3 Å². The first kappa shape index (κ1) is 10.8. The highest BCUT2D eigenvalue weighted by molar-refractivity contribution is 5.58. The number of nitrogens with one attached hydrogen (secondary N) is 1. The van der Waals surface area contributed by atoms with Gasteiger partial charge in [-0.15, -0.1) is 0 Å². The fourth-order valence-electron chi connectivity index (χ4n) is 3.43. The van der Waals surface area contributed by atoms with Gasteiger partial charge in [-0.05, 0) is 29.9 Å². The molecule has 0 saturated carbocycles. The van der Waals surface area contributed by atoms with E-state index in [1.165, 1.54) is 24.0 Å². The summed E-state index contributed by atoms with van der Waals surface area (Å²) in [4.78, 5) is 4.36. The topological polar surface area (TPSA) is 24.4 Å². The maximum absolute atomic E-state index is 4.36. The van der Waals surface area contributed by atoms with Crippen molar-refractivity contribution in [3.05, 3.63) is 35.4 Å². The largest absolute Gasteiger partial charge is 0.371 e. The molecule has 0 fully saturated rings. The predicted octanol–water partition coefficient (Wildman–Crippen LogP) is 2.43. The van der Waals surface area contributed by atoms with E-state index in [4.69, 9.17) is 0 Å². The molecule has 0 spiro atoms. The number of fused-ring (bicyclic) bond motifs is 1. The average Bonchev–Trinajstić information content (AvgIpc) is 2.96. The van der Waals surface area contributed by atoms with E-state index in [9.17, 15) is 0 Å². The Hall–Kier alpha value is -1.31. The second-order valence-electron chi connectivity index (χ2n) is 5.72. The van der Waals surface area contributed by atoms with E-state index in [1.54, 1.807) is 0 Å². The molecule has 2 aliphatic rings. The van der Waals surface area contributed by atoms with E-state index in [-0.39, 0.29) is 0 Å². The smallest absolute Gasteiger partial charge is 0.0827 e. The van der Waals surface area contributed by atoms with Crippen molar-refractivity contribution in [1.82, 2.24) is 5.32 Å². The van der Waals surface area contributed by atoms with Crippen LogP contribution in [0, 0.1) is 11.3 Å². The van der Waals surface area contributed by atoms with Crippen LogP contribution in [0.15, 0.2) is 29.3 Å². The number of benzene rings is 1. The summed E-state index contributed by atoms with van der Waals surface area (Å²) in [6, 6.07) is 9.40. The Morgan fingerprint density at radius 1 is 1.24 bits per heavy atom. The van der Waals surface area contributed by atoms with Crippen LogP contribution in [-0.2, 0) is 12.8 Å². The summed E-state index contributed by atoms with van der Waals surface area (Å²) < 4.78 is 0. The number of aliphatic imine (C=N–C) groups is 1. The van der Waals surface area contributed by atoms with Gasteiger partial charge in [0.2, 0.25) is 0 Å².